The van der Waals surface area contributed by atoms with Gasteiger partial charge in [-0.3, -0.25) is 4.79 Å². The Morgan fingerprint density at radius 1 is 1.06 bits per heavy atom. The Kier molecular flexibility index (Phi) is 6.85. The molecular formula is C31H42FN3O+2. The molecule has 2 aliphatic heterocycles. The molecule has 1 saturated carbocycles. The molecule has 0 bridgehead atoms. The van der Waals surface area contributed by atoms with Gasteiger partial charge in [-0.1, -0.05) is 49.6 Å². The number of hydrogen-bond acceptors (Lipinski definition) is 1. The second-order valence-corrected chi connectivity index (χ2v) is 11.9. The molecule has 192 valence electrons. The molecule has 2 aromatic rings. The van der Waals surface area contributed by atoms with Gasteiger partial charge >= 0.3 is 0 Å². The van der Waals surface area contributed by atoms with Crippen LogP contribution < -0.4 is 10.3 Å². The fourth-order valence-corrected chi connectivity index (χ4v) is 8.30. The normalized spacial score (nSPS) is 30.9. The summed E-state index contributed by atoms with van der Waals surface area (Å²) in [6.45, 7) is 2.26. The lowest BCUT2D eigenvalue weighted by atomic mass is 9.64. The fourth-order valence-electron chi connectivity index (χ4n) is 8.30. The van der Waals surface area contributed by atoms with Gasteiger partial charge in [-0.25, -0.2) is 9.37 Å². The molecule has 36 heavy (non-hydrogen) atoms. The van der Waals surface area contributed by atoms with E-state index in [1.54, 1.807) is 0 Å². The number of halogens is 1. The minimum absolute atomic E-state index is 0.0144. The van der Waals surface area contributed by atoms with Gasteiger partial charge in [0.2, 0.25) is 11.6 Å². The summed E-state index contributed by atoms with van der Waals surface area (Å²) in [5.41, 5.74) is 4.42. The van der Waals surface area contributed by atoms with Crippen molar-refractivity contribution >= 4 is 5.91 Å². The van der Waals surface area contributed by atoms with Gasteiger partial charge in [0.25, 0.3) is 0 Å². The Morgan fingerprint density at radius 3 is 2.69 bits per heavy atom. The first-order valence-corrected chi connectivity index (χ1v) is 14.5. The molecule has 1 aromatic heterocycles. The lowest BCUT2D eigenvalue weighted by Crippen LogP contribution is -2.82. The van der Waals surface area contributed by atoms with E-state index in [1.807, 2.05) is 6.07 Å². The number of carbonyl (C=O) groups is 1. The van der Waals surface area contributed by atoms with Crippen molar-refractivity contribution < 1.29 is 19.5 Å². The van der Waals surface area contributed by atoms with Crippen molar-refractivity contribution in [3.8, 4) is 0 Å². The minimum Gasteiger partial charge on any atom is -0.345 e. The maximum Gasteiger partial charge on any atom is 0.232 e. The average molecular weight is 492 g/mol. The Hall–Kier alpha value is -2.27. The number of quaternary nitrogens is 1. The molecular weight excluding hydrogens is 449 g/mol. The first-order valence-electron chi connectivity index (χ1n) is 14.5. The largest absolute Gasteiger partial charge is 0.345 e. The molecule has 4 atom stereocenters. The van der Waals surface area contributed by atoms with Crippen molar-refractivity contribution in [1.29, 1.82) is 0 Å². The minimum atomic E-state index is -0.464. The second-order valence-electron chi connectivity index (χ2n) is 11.9. The van der Waals surface area contributed by atoms with E-state index in [1.165, 1.54) is 43.2 Å². The van der Waals surface area contributed by atoms with E-state index >= 15 is 0 Å². The Labute approximate surface area is 215 Å². The lowest BCUT2D eigenvalue weighted by molar-refractivity contribution is -0.640. The van der Waals surface area contributed by atoms with Crippen LogP contribution >= 0.6 is 0 Å². The molecule has 6 rings (SSSR count). The molecule has 1 amide bonds. The number of fused-ring (bicyclic) bond motifs is 2. The van der Waals surface area contributed by atoms with Gasteiger partial charge in [0.05, 0.1) is 18.5 Å². The highest BCUT2D eigenvalue weighted by molar-refractivity contribution is 5.82. The number of H-pyrrole nitrogens is 1. The predicted octanol–water partition coefficient (Wildman–Crippen LogP) is 4.09. The molecule has 4 aliphatic rings. The summed E-state index contributed by atoms with van der Waals surface area (Å²) in [6.07, 6.45) is 11.7. The zero-order chi connectivity index (χ0) is 24.5. The number of nitrogens with zero attached hydrogens (tertiary/aromatic N) is 1. The molecule has 0 radical (unpaired) electrons. The van der Waals surface area contributed by atoms with E-state index in [-0.39, 0.29) is 11.3 Å². The first-order chi connectivity index (χ1) is 17.7. The summed E-state index contributed by atoms with van der Waals surface area (Å²) in [7, 11) is 0. The predicted molar refractivity (Wildman–Crippen MR) is 138 cm³/mol. The van der Waals surface area contributed by atoms with Crippen molar-refractivity contribution in [1.82, 2.24) is 4.90 Å². The van der Waals surface area contributed by atoms with E-state index in [4.69, 9.17) is 0 Å². The topological polar surface area (TPSA) is 51.1 Å². The fraction of sp³-hybridized carbons (Fsp3) is 0.613. The number of rotatable bonds is 4. The molecule has 3 fully saturated rings. The van der Waals surface area contributed by atoms with Crippen LogP contribution in [0.25, 0.3) is 0 Å². The number of alkyl halides is 1. The Morgan fingerprint density at radius 2 is 1.89 bits per heavy atom. The second kappa shape index (κ2) is 10.2. The number of aromatic nitrogens is 1. The van der Waals surface area contributed by atoms with Crippen LogP contribution in [-0.2, 0) is 23.3 Å². The van der Waals surface area contributed by atoms with Crippen molar-refractivity contribution in [2.75, 3.05) is 19.6 Å². The van der Waals surface area contributed by atoms with E-state index in [2.05, 4.69) is 51.6 Å². The van der Waals surface area contributed by atoms with Crippen molar-refractivity contribution in [2.45, 2.75) is 88.3 Å². The number of piperidine rings is 1. The van der Waals surface area contributed by atoms with Gasteiger partial charge in [-0.05, 0) is 62.0 Å². The summed E-state index contributed by atoms with van der Waals surface area (Å²) in [5, 5.41) is 2.37. The van der Waals surface area contributed by atoms with Crippen molar-refractivity contribution in [3.63, 3.8) is 0 Å². The molecule has 5 heteroatoms. The van der Waals surface area contributed by atoms with Crippen LogP contribution in [0, 0.1) is 11.8 Å². The molecule has 3 N–H and O–H groups in total. The third-order valence-electron chi connectivity index (χ3n) is 10.1. The maximum absolute atomic E-state index is 14.5. The highest BCUT2D eigenvalue weighted by atomic mass is 19.1. The Balaban J connectivity index is 1.30. The number of aromatic amines is 1. The number of carbonyl (C=O) groups excluding carboxylic acids is 1. The highest BCUT2D eigenvalue weighted by Crippen LogP contribution is 2.45. The number of nitrogens with one attached hydrogen (secondary N) is 1. The van der Waals surface area contributed by atoms with Crippen LogP contribution in [0.2, 0.25) is 0 Å². The monoisotopic (exact) mass is 491 g/mol. The van der Waals surface area contributed by atoms with Gasteiger partial charge in [-0.2, -0.15) is 0 Å². The molecule has 0 unspecified atom stereocenters. The quantitative estimate of drug-likeness (QED) is 0.688. The number of aryl methyl sites for hydroxylation is 1. The van der Waals surface area contributed by atoms with Crippen molar-refractivity contribution in [2.24, 2.45) is 11.8 Å². The Bertz CT molecular complexity index is 1070. The molecule has 4 nitrogen and oxygen atoms in total. The summed E-state index contributed by atoms with van der Waals surface area (Å²) in [6, 6.07) is 15.4. The molecule has 3 heterocycles. The van der Waals surface area contributed by atoms with Crippen molar-refractivity contribution in [3.05, 3.63) is 65.0 Å². The third kappa shape index (κ3) is 4.27. The third-order valence-corrected chi connectivity index (χ3v) is 10.1. The number of likely N-dealkylation sites (tertiary alicyclic amines) is 1. The number of hydrogen-bond donors (Lipinski definition) is 1. The van der Waals surface area contributed by atoms with Crippen LogP contribution in [-0.4, -0.2) is 36.5 Å². The molecule has 1 spiro atoms. The van der Waals surface area contributed by atoms with Crippen LogP contribution in [0.15, 0.2) is 42.5 Å². The van der Waals surface area contributed by atoms with Crippen LogP contribution in [0.3, 0.4) is 0 Å². The zero-order valence-corrected chi connectivity index (χ0v) is 21.6. The van der Waals surface area contributed by atoms with Crippen LogP contribution in [0.4, 0.5) is 4.39 Å². The summed E-state index contributed by atoms with van der Waals surface area (Å²) < 4.78 is 13.4. The molecule has 1 aromatic carbocycles. The van der Waals surface area contributed by atoms with E-state index in [9.17, 15) is 9.18 Å². The van der Waals surface area contributed by atoms with Gasteiger partial charge in [0.15, 0.2) is 12.4 Å². The zero-order valence-electron chi connectivity index (χ0n) is 21.6. The number of amides is 1. The SMILES string of the molecule is O=C([C@@H]1C[NH2+]C[C@]12CCCc1[nH+]c(CF)ccc12)N1CC[C@@H](c2ccccc2)C[C@H]1C1CCCCC1. The smallest absolute Gasteiger partial charge is 0.232 e. The molecule has 2 aliphatic carbocycles. The van der Waals surface area contributed by atoms with Gasteiger partial charge < -0.3 is 10.2 Å². The van der Waals surface area contributed by atoms with Crippen LogP contribution in [0.5, 0.6) is 0 Å². The van der Waals surface area contributed by atoms with Gasteiger partial charge in [-0.15, -0.1) is 0 Å². The number of nitrogens with two attached hydrogens (primary N) is 1. The summed E-state index contributed by atoms with van der Waals surface area (Å²) in [5.74, 6) is 1.60. The number of benzene rings is 1. The lowest BCUT2D eigenvalue weighted by Gasteiger charge is -2.47. The van der Waals surface area contributed by atoms with Gasteiger partial charge in [0.1, 0.15) is 5.92 Å². The van der Waals surface area contributed by atoms with E-state index in [0.717, 1.165) is 57.4 Å². The standard InChI is InChI=1S/C31H40FN3O/c32-19-25-13-14-26-28(34-25)12-7-16-31(26)21-33-20-27(31)30(36)35-17-15-24(22-8-3-1-4-9-22)18-29(35)23-10-5-2-6-11-23/h1,3-4,8-9,13-14,23-24,27,29,33H,2,5-7,10-12,15-21H2/p+2/t24-,27+,29+,31+/m1/s1. The van der Waals surface area contributed by atoms with E-state index < -0.39 is 6.67 Å². The summed E-state index contributed by atoms with van der Waals surface area (Å²) >= 11 is 0. The first kappa shape index (κ1) is 24.1. The highest BCUT2D eigenvalue weighted by Gasteiger charge is 2.56. The average Bonchev–Trinajstić information content (AvgIpc) is 3.37. The summed E-state index contributed by atoms with van der Waals surface area (Å²) in [4.78, 5) is 20.3. The number of pyridine rings is 1. The van der Waals surface area contributed by atoms with E-state index in [0.29, 0.717) is 29.5 Å². The van der Waals surface area contributed by atoms with Gasteiger partial charge in [0, 0.05) is 30.6 Å². The van der Waals surface area contributed by atoms with Crippen LogP contribution in [0.1, 0.15) is 86.2 Å². The molecule has 2 saturated heterocycles. The maximum atomic E-state index is 14.5.